The largest absolute Gasteiger partial charge is 0.0683 e. The lowest BCUT2D eigenvalue weighted by molar-refractivity contribution is 0.166. The first-order valence-electron chi connectivity index (χ1n) is 6.35. The van der Waals surface area contributed by atoms with E-state index in [-0.39, 0.29) is 0 Å². The van der Waals surface area contributed by atoms with Crippen LogP contribution >= 0.6 is 0 Å². The molecule has 0 amide bonds. The van der Waals surface area contributed by atoms with E-state index in [4.69, 9.17) is 0 Å². The molecule has 86 valence electrons. The Morgan fingerprint density at radius 2 is 1.71 bits per heavy atom. The molecule has 1 aliphatic rings. The van der Waals surface area contributed by atoms with Gasteiger partial charge in [-0.3, -0.25) is 0 Å². The van der Waals surface area contributed by atoms with Gasteiger partial charge in [0.05, 0.1) is 0 Å². The van der Waals surface area contributed by atoms with Crippen molar-refractivity contribution in [2.75, 3.05) is 0 Å². The van der Waals surface area contributed by atoms with Crippen LogP contribution in [-0.2, 0) is 0 Å². The van der Waals surface area contributed by atoms with Crippen molar-refractivity contribution >= 4 is 0 Å². The van der Waals surface area contributed by atoms with E-state index in [9.17, 15) is 0 Å². The highest BCUT2D eigenvalue weighted by atomic mass is 14.6. The smallest absolute Gasteiger partial charge is 0.0241 e. The van der Waals surface area contributed by atoms with Gasteiger partial charge in [-0.05, 0) is 29.1 Å². The molecule has 14 heavy (non-hydrogen) atoms. The fourth-order valence-electron chi connectivity index (χ4n) is 2.55. The van der Waals surface area contributed by atoms with E-state index < -0.39 is 0 Å². The first-order chi connectivity index (χ1) is 6.35. The van der Waals surface area contributed by atoms with Gasteiger partial charge in [-0.15, -0.1) is 0 Å². The quantitative estimate of drug-likeness (QED) is 0.589. The maximum atomic E-state index is 2.47. The molecule has 0 aromatic heterocycles. The predicted molar refractivity (Wildman–Crippen MR) is 66.5 cm³/mol. The summed E-state index contributed by atoms with van der Waals surface area (Å²) >= 11 is 0. The Balaban J connectivity index is 0.000000791. The van der Waals surface area contributed by atoms with Crippen molar-refractivity contribution in [3.05, 3.63) is 0 Å². The van der Waals surface area contributed by atoms with E-state index >= 15 is 0 Å². The lowest BCUT2D eigenvalue weighted by atomic mass is 9.72. The van der Waals surface area contributed by atoms with Crippen LogP contribution in [0.2, 0.25) is 0 Å². The van der Waals surface area contributed by atoms with Crippen molar-refractivity contribution in [2.24, 2.45) is 22.7 Å². The minimum absolute atomic E-state index is 0.544. The molecule has 0 bridgehead atoms. The molecule has 1 saturated carbocycles. The first-order valence-corrected chi connectivity index (χ1v) is 6.35. The third kappa shape index (κ3) is 2.32. The SMILES string of the molecule is CC.CCC(C)(C)C1(C)CC1C(C)C. The van der Waals surface area contributed by atoms with Crippen LogP contribution in [-0.4, -0.2) is 0 Å². The van der Waals surface area contributed by atoms with Gasteiger partial charge in [0, 0.05) is 0 Å². The summed E-state index contributed by atoms with van der Waals surface area (Å²) in [7, 11) is 0. The Labute approximate surface area is 91.5 Å². The minimum atomic E-state index is 0.544. The fraction of sp³-hybridized carbons (Fsp3) is 1.00. The fourth-order valence-corrected chi connectivity index (χ4v) is 2.55. The van der Waals surface area contributed by atoms with Gasteiger partial charge >= 0.3 is 0 Å². The van der Waals surface area contributed by atoms with Crippen LogP contribution in [0.1, 0.15) is 68.2 Å². The molecule has 1 aliphatic carbocycles. The molecule has 0 heterocycles. The average Bonchev–Trinajstić information content (AvgIpc) is 2.84. The standard InChI is InChI=1S/C12H24.C2H6/c1-7-11(4,5)12(6)8-10(12)9(2)3;1-2/h9-10H,7-8H2,1-6H3;1-2H3. The van der Waals surface area contributed by atoms with E-state index in [1.54, 1.807) is 0 Å². The summed E-state index contributed by atoms with van der Waals surface area (Å²) in [6.45, 7) is 18.4. The second kappa shape index (κ2) is 4.68. The van der Waals surface area contributed by atoms with Crippen molar-refractivity contribution in [1.29, 1.82) is 0 Å². The highest BCUT2D eigenvalue weighted by Gasteiger charge is 2.58. The highest BCUT2D eigenvalue weighted by molar-refractivity contribution is 5.07. The zero-order valence-electron chi connectivity index (χ0n) is 11.6. The van der Waals surface area contributed by atoms with Crippen molar-refractivity contribution in [3.63, 3.8) is 0 Å². The third-order valence-corrected chi connectivity index (χ3v) is 4.54. The van der Waals surface area contributed by atoms with Crippen molar-refractivity contribution in [2.45, 2.75) is 68.2 Å². The van der Waals surface area contributed by atoms with E-state index in [1.807, 2.05) is 13.8 Å². The predicted octanol–water partition coefficient (Wildman–Crippen LogP) is 5.13. The van der Waals surface area contributed by atoms with Crippen LogP contribution in [0.15, 0.2) is 0 Å². The number of hydrogen-bond donors (Lipinski definition) is 0. The molecule has 0 N–H and O–H groups in total. The highest BCUT2D eigenvalue weighted by Crippen LogP contribution is 2.66. The van der Waals surface area contributed by atoms with E-state index in [1.165, 1.54) is 12.8 Å². The molecule has 0 saturated heterocycles. The Morgan fingerprint density at radius 1 is 1.29 bits per heavy atom. The van der Waals surface area contributed by atoms with E-state index in [0.29, 0.717) is 10.8 Å². The summed E-state index contributed by atoms with van der Waals surface area (Å²) < 4.78 is 0. The molecule has 2 unspecified atom stereocenters. The van der Waals surface area contributed by atoms with E-state index in [2.05, 4.69) is 41.5 Å². The average molecular weight is 198 g/mol. The number of hydrogen-bond acceptors (Lipinski definition) is 0. The Morgan fingerprint density at radius 3 is 1.93 bits per heavy atom. The van der Waals surface area contributed by atoms with Crippen LogP contribution < -0.4 is 0 Å². The van der Waals surface area contributed by atoms with Crippen LogP contribution in [0.3, 0.4) is 0 Å². The Bertz CT molecular complexity index is 167. The van der Waals surface area contributed by atoms with Crippen LogP contribution in [0.5, 0.6) is 0 Å². The maximum absolute atomic E-state index is 2.47. The monoisotopic (exact) mass is 198 g/mol. The molecule has 0 aromatic rings. The van der Waals surface area contributed by atoms with Gasteiger partial charge in [0.15, 0.2) is 0 Å². The maximum Gasteiger partial charge on any atom is -0.0241 e. The number of rotatable bonds is 3. The summed E-state index contributed by atoms with van der Waals surface area (Å²) in [5.41, 5.74) is 1.18. The molecular formula is C14H30. The summed E-state index contributed by atoms with van der Waals surface area (Å²) in [6.07, 6.45) is 2.76. The molecule has 2 atom stereocenters. The third-order valence-electron chi connectivity index (χ3n) is 4.54. The van der Waals surface area contributed by atoms with Gasteiger partial charge in [-0.25, -0.2) is 0 Å². The lowest BCUT2D eigenvalue weighted by Gasteiger charge is -2.33. The van der Waals surface area contributed by atoms with Gasteiger partial charge < -0.3 is 0 Å². The topological polar surface area (TPSA) is 0 Å². The Hall–Kier alpha value is 0. The van der Waals surface area contributed by atoms with Gasteiger partial charge in [-0.1, -0.05) is 61.8 Å². The van der Waals surface area contributed by atoms with Crippen LogP contribution in [0, 0.1) is 22.7 Å². The van der Waals surface area contributed by atoms with Crippen LogP contribution in [0.4, 0.5) is 0 Å². The van der Waals surface area contributed by atoms with Gasteiger partial charge in [0.2, 0.25) is 0 Å². The molecule has 0 heteroatoms. The lowest BCUT2D eigenvalue weighted by Crippen LogP contribution is -2.25. The van der Waals surface area contributed by atoms with Gasteiger partial charge in [-0.2, -0.15) is 0 Å². The summed E-state index contributed by atoms with van der Waals surface area (Å²) in [5.74, 6) is 1.85. The second-order valence-electron chi connectivity index (χ2n) is 5.71. The van der Waals surface area contributed by atoms with Crippen molar-refractivity contribution < 1.29 is 0 Å². The zero-order valence-corrected chi connectivity index (χ0v) is 11.6. The normalized spacial score (nSPS) is 31.1. The molecule has 1 fully saturated rings. The molecular weight excluding hydrogens is 168 g/mol. The van der Waals surface area contributed by atoms with Crippen molar-refractivity contribution in [3.8, 4) is 0 Å². The van der Waals surface area contributed by atoms with E-state index in [0.717, 1.165) is 11.8 Å². The molecule has 0 nitrogen and oxygen atoms in total. The van der Waals surface area contributed by atoms with Crippen LogP contribution in [0.25, 0.3) is 0 Å². The second-order valence-corrected chi connectivity index (χ2v) is 5.71. The minimum Gasteiger partial charge on any atom is -0.0683 e. The molecule has 0 radical (unpaired) electrons. The molecule has 0 spiro atoms. The summed E-state index contributed by atoms with van der Waals surface area (Å²) in [6, 6.07) is 0. The van der Waals surface area contributed by atoms with Crippen molar-refractivity contribution in [1.82, 2.24) is 0 Å². The van der Waals surface area contributed by atoms with Gasteiger partial charge in [0.25, 0.3) is 0 Å². The zero-order chi connectivity index (χ0) is 11.6. The first kappa shape index (κ1) is 14.0. The van der Waals surface area contributed by atoms with Gasteiger partial charge in [0.1, 0.15) is 0 Å². The summed E-state index contributed by atoms with van der Waals surface area (Å²) in [4.78, 5) is 0. The molecule has 0 aliphatic heterocycles. The molecule has 0 aromatic carbocycles. The molecule has 1 rings (SSSR count). The Kier molecular flexibility index (Phi) is 4.68. The summed E-state index contributed by atoms with van der Waals surface area (Å²) in [5, 5.41) is 0.